The summed E-state index contributed by atoms with van der Waals surface area (Å²) in [6.07, 6.45) is 1.49. The monoisotopic (exact) mass is 260 g/mol. The van der Waals surface area contributed by atoms with Crippen LogP contribution in [0.4, 0.5) is 15.9 Å². The van der Waals surface area contributed by atoms with Gasteiger partial charge in [-0.15, -0.1) is 0 Å². The van der Waals surface area contributed by atoms with Crippen molar-refractivity contribution in [3.05, 3.63) is 41.4 Å². The lowest BCUT2D eigenvalue weighted by Crippen LogP contribution is -1.95. The zero-order chi connectivity index (χ0) is 12.5. The zero-order valence-corrected chi connectivity index (χ0v) is 10.3. The van der Waals surface area contributed by atoms with Gasteiger partial charge in [-0.05, 0) is 31.2 Å². The van der Waals surface area contributed by atoms with Gasteiger partial charge in [0.15, 0.2) is 5.82 Å². The smallest absolute Gasteiger partial charge is 0.161 e. The minimum Gasteiger partial charge on any atom is -0.338 e. The first-order valence-electron chi connectivity index (χ1n) is 5.33. The Morgan fingerprint density at radius 3 is 2.72 bits per heavy atom. The van der Waals surface area contributed by atoms with Crippen molar-refractivity contribution in [2.24, 2.45) is 0 Å². The molecule has 0 aliphatic heterocycles. The predicted molar refractivity (Wildman–Crippen MR) is 69.6 cm³/mol. The van der Waals surface area contributed by atoms with E-state index in [0.717, 1.165) is 21.0 Å². The fourth-order valence-electron chi connectivity index (χ4n) is 1.62. The van der Waals surface area contributed by atoms with Crippen molar-refractivity contribution in [1.29, 1.82) is 0 Å². The van der Waals surface area contributed by atoms with Gasteiger partial charge in [0.05, 0.1) is 5.01 Å². The number of fused-ring (bicyclic) bond motifs is 1. The van der Waals surface area contributed by atoms with E-state index in [1.165, 1.54) is 29.8 Å². The summed E-state index contributed by atoms with van der Waals surface area (Å²) >= 11 is 1.52. The molecule has 0 saturated heterocycles. The molecule has 1 aromatic carbocycles. The van der Waals surface area contributed by atoms with Crippen molar-refractivity contribution in [1.82, 2.24) is 15.0 Å². The molecule has 2 heterocycles. The Labute approximate surface area is 107 Å². The van der Waals surface area contributed by atoms with Crippen LogP contribution in [0.1, 0.15) is 5.01 Å². The van der Waals surface area contributed by atoms with Crippen molar-refractivity contribution in [3.8, 4) is 0 Å². The summed E-state index contributed by atoms with van der Waals surface area (Å²) in [5, 5.41) is 4.05. The van der Waals surface area contributed by atoms with E-state index >= 15 is 0 Å². The summed E-state index contributed by atoms with van der Waals surface area (Å²) in [6.45, 7) is 1.92. The fourth-order valence-corrected chi connectivity index (χ4v) is 2.38. The number of anilines is 2. The van der Waals surface area contributed by atoms with E-state index in [1.54, 1.807) is 12.1 Å². The van der Waals surface area contributed by atoms with Crippen LogP contribution in [0.15, 0.2) is 30.6 Å². The summed E-state index contributed by atoms with van der Waals surface area (Å²) in [5.41, 5.74) is 1.51. The van der Waals surface area contributed by atoms with Crippen LogP contribution in [0.25, 0.3) is 10.3 Å². The summed E-state index contributed by atoms with van der Waals surface area (Å²) in [6, 6.07) is 6.10. The van der Waals surface area contributed by atoms with Gasteiger partial charge < -0.3 is 5.32 Å². The molecule has 0 saturated carbocycles. The minimum absolute atomic E-state index is 0.266. The van der Waals surface area contributed by atoms with E-state index in [2.05, 4.69) is 20.3 Å². The van der Waals surface area contributed by atoms with E-state index in [4.69, 9.17) is 0 Å². The van der Waals surface area contributed by atoms with Crippen molar-refractivity contribution in [3.63, 3.8) is 0 Å². The van der Waals surface area contributed by atoms with Gasteiger partial charge in [0.2, 0.25) is 0 Å². The van der Waals surface area contributed by atoms with Crippen LogP contribution in [0.5, 0.6) is 0 Å². The van der Waals surface area contributed by atoms with Gasteiger partial charge in [0.25, 0.3) is 0 Å². The molecule has 6 heteroatoms. The Morgan fingerprint density at radius 2 is 1.94 bits per heavy atom. The molecule has 0 fully saturated rings. The van der Waals surface area contributed by atoms with Gasteiger partial charge in [-0.25, -0.2) is 19.3 Å². The van der Waals surface area contributed by atoms with Gasteiger partial charge >= 0.3 is 0 Å². The Morgan fingerprint density at radius 1 is 1.17 bits per heavy atom. The quantitative estimate of drug-likeness (QED) is 0.768. The first kappa shape index (κ1) is 11.0. The van der Waals surface area contributed by atoms with Crippen molar-refractivity contribution >= 4 is 33.2 Å². The Bertz CT molecular complexity index is 693. The molecule has 0 aliphatic rings. The molecule has 1 N–H and O–H groups in total. The average molecular weight is 260 g/mol. The third-order valence-electron chi connectivity index (χ3n) is 2.41. The van der Waals surface area contributed by atoms with E-state index < -0.39 is 0 Å². The van der Waals surface area contributed by atoms with E-state index in [9.17, 15) is 4.39 Å². The lowest BCUT2D eigenvalue weighted by molar-refractivity contribution is 0.628. The summed E-state index contributed by atoms with van der Waals surface area (Å²) in [5.74, 6) is 0.369. The van der Waals surface area contributed by atoms with Crippen LogP contribution in [-0.2, 0) is 0 Å². The molecule has 3 aromatic rings. The molecule has 0 spiro atoms. The van der Waals surface area contributed by atoms with Gasteiger partial charge in [-0.2, -0.15) is 0 Å². The fraction of sp³-hybridized carbons (Fsp3) is 0.0833. The summed E-state index contributed by atoms with van der Waals surface area (Å²) in [7, 11) is 0. The number of thiazole rings is 1. The maximum absolute atomic E-state index is 12.8. The molecule has 0 amide bonds. The topological polar surface area (TPSA) is 50.7 Å². The molecule has 0 aliphatic carbocycles. The molecule has 18 heavy (non-hydrogen) atoms. The Balaban J connectivity index is 2.01. The van der Waals surface area contributed by atoms with Crippen LogP contribution in [-0.4, -0.2) is 15.0 Å². The molecule has 0 unspecified atom stereocenters. The van der Waals surface area contributed by atoms with Crippen molar-refractivity contribution < 1.29 is 4.39 Å². The normalized spacial score (nSPS) is 10.8. The Hall–Kier alpha value is -2.08. The second-order valence-electron chi connectivity index (χ2n) is 3.74. The molecule has 0 bridgehead atoms. The van der Waals surface area contributed by atoms with Crippen molar-refractivity contribution in [2.45, 2.75) is 6.92 Å². The number of hydrogen-bond acceptors (Lipinski definition) is 5. The number of aromatic nitrogens is 3. The van der Waals surface area contributed by atoms with Crippen LogP contribution in [0.3, 0.4) is 0 Å². The number of aryl methyl sites for hydroxylation is 1. The standard InChI is InChI=1S/C12H9FN4S/c1-7-16-10-11(14-6-15-12(10)18-7)17-9-4-2-8(13)3-5-9/h2-6H,1H3,(H,14,15,17). The molecule has 0 atom stereocenters. The number of hydrogen-bond donors (Lipinski definition) is 1. The van der Waals surface area contributed by atoms with E-state index in [1.807, 2.05) is 6.92 Å². The van der Waals surface area contributed by atoms with Gasteiger partial charge in [-0.1, -0.05) is 11.3 Å². The Kier molecular flexibility index (Phi) is 2.64. The van der Waals surface area contributed by atoms with E-state index in [0.29, 0.717) is 5.82 Å². The molecule has 0 radical (unpaired) electrons. The molecule has 2 aromatic heterocycles. The molecule has 4 nitrogen and oxygen atoms in total. The summed E-state index contributed by atoms with van der Waals surface area (Å²) in [4.78, 5) is 13.6. The number of nitrogens with zero attached hydrogens (tertiary/aromatic N) is 3. The lowest BCUT2D eigenvalue weighted by Gasteiger charge is -2.05. The lowest BCUT2D eigenvalue weighted by atomic mass is 10.3. The first-order valence-corrected chi connectivity index (χ1v) is 6.15. The molecule has 3 rings (SSSR count). The van der Waals surface area contributed by atoms with E-state index in [-0.39, 0.29) is 5.82 Å². The van der Waals surface area contributed by atoms with Crippen LogP contribution in [0, 0.1) is 12.7 Å². The van der Waals surface area contributed by atoms with Gasteiger partial charge in [-0.3, -0.25) is 0 Å². The first-order chi connectivity index (χ1) is 8.72. The second kappa shape index (κ2) is 4.30. The third-order valence-corrected chi connectivity index (χ3v) is 3.29. The largest absolute Gasteiger partial charge is 0.338 e. The molecule has 90 valence electrons. The number of benzene rings is 1. The highest BCUT2D eigenvalue weighted by molar-refractivity contribution is 7.18. The summed E-state index contributed by atoms with van der Waals surface area (Å²) < 4.78 is 12.8. The number of rotatable bonds is 2. The molecular formula is C12H9FN4S. The highest BCUT2D eigenvalue weighted by atomic mass is 32.1. The van der Waals surface area contributed by atoms with Crippen LogP contribution >= 0.6 is 11.3 Å². The van der Waals surface area contributed by atoms with Crippen LogP contribution in [0.2, 0.25) is 0 Å². The number of nitrogens with one attached hydrogen (secondary N) is 1. The third kappa shape index (κ3) is 2.02. The average Bonchev–Trinajstić information content (AvgIpc) is 2.73. The maximum Gasteiger partial charge on any atom is 0.161 e. The SMILES string of the molecule is Cc1nc2c(Nc3ccc(F)cc3)ncnc2s1. The second-order valence-corrected chi connectivity index (χ2v) is 4.92. The predicted octanol–water partition coefficient (Wildman–Crippen LogP) is 3.28. The highest BCUT2D eigenvalue weighted by Crippen LogP contribution is 2.26. The molecular weight excluding hydrogens is 251 g/mol. The maximum atomic E-state index is 12.8. The number of halogens is 1. The zero-order valence-electron chi connectivity index (χ0n) is 9.51. The minimum atomic E-state index is -0.266. The van der Waals surface area contributed by atoms with Crippen molar-refractivity contribution in [2.75, 3.05) is 5.32 Å². The highest BCUT2D eigenvalue weighted by Gasteiger charge is 2.08. The van der Waals surface area contributed by atoms with Gasteiger partial charge in [0, 0.05) is 5.69 Å². The van der Waals surface area contributed by atoms with Gasteiger partial charge in [0.1, 0.15) is 22.5 Å². The van der Waals surface area contributed by atoms with Crippen LogP contribution < -0.4 is 5.32 Å².